The number of nitrogens with zero attached hydrogens (tertiary/aromatic N) is 4. The van der Waals surface area contributed by atoms with Crippen molar-refractivity contribution in [1.29, 1.82) is 0 Å². The lowest BCUT2D eigenvalue weighted by Gasteiger charge is -2.55. The van der Waals surface area contributed by atoms with Gasteiger partial charge in [-0.15, -0.1) is 5.10 Å². The number of hydrogen-bond acceptors (Lipinski definition) is 5. The van der Waals surface area contributed by atoms with Gasteiger partial charge in [0.15, 0.2) is 5.82 Å². The molecule has 0 unspecified atom stereocenters. The van der Waals surface area contributed by atoms with Gasteiger partial charge in [-0.25, -0.2) is 4.68 Å². The number of tetrazole rings is 1. The predicted octanol–water partition coefficient (Wildman–Crippen LogP) is 6.64. The maximum atomic E-state index is 11.7. The van der Waals surface area contributed by atoms with E-state index in [0.29, 0.717) is 23.3 Å². The summed E-state index contributed by atoms with van der Waals surface area (Å²) in [4.78, 5) is 11.7. The van der Waals surface area contributed by atoms with Crippen molar-refractivity contribution in [2.24, 2.45) is 40.4 Å². The number of fused-ring (bicyclic) bond motifs is 7. The third-order valence-electron chi connectivity index (χ3n) is 10.9. The molecular weight excluding hydrogens is 436 g/mol. The van der Waals surface area contributed by atoms with Crippen LogP contribution in [0.2, 0.25) is 0 Å². The lowest BCUT2D eigenvalue weighted by molar-refractivity contribution is -0.148. The quantitative estimate of drug-likeness (QED) is 0.425. The Hall–Kier alpha value is -1.72. The fourth-order valence-electron chi connectivity index (χ4n) is 9.01. The Balaban J connectivity index is 1.43. The van der Waals surface area contributed by atoms with Crippen LogP contribution in [-0.2, 0) is 9.53 Å². The van der Waals surface area contributed by atoms with Crippen molar-refractivity contribution in [3.63, 3.8) is 0 Å². The first-order valence-electron chi connectivity index (χ1n) is 14.3. The fraction of sp³-hybridized carbons (Fsp3) is 0.862. The Morgan fingerprint density at radius 2 is 1.91 bits per heavy atom. The maximum absolute atomic E-state index is 11.7. The number of carbonyl (C=O) groups excluding carboxylic acids is 1. The van der Waals surface area contributed by atoms with E-state index in [1.165, 1.54) is 57.4 Å². The van der Waals surface area contributed by atoms with E-state index >= 15 is 0 Å². The van der Waals surface area contributed by atoms with E-state index in [-0.39, 0.29) is 17.5 Å². The third kappa shape index (κ3) is 4.27. The Labute approximate surface area is 211 Å². The van der Waals surface area contributed by atoms with Gasteiger partial charge in [-0.05, 0) is 95.4 Å². The van der Waals surface area contributed by atoms with Crippen LogP contribution in [0.25, 0.3) is 6.08 Å². The van der Waals surface area contributed by atoms with Crippen LogP contribution >= 0.6 is 0 Å². The van der Waals surface area contributed by atoms with Gasteiger partial charge in [-0.3, -0.25) is 4.79 Å². The van der Waals surface area contributed by atoms with Crippen LogP contribution in [0.5, 0.6) is 0 Å². The summed E-state index contributed by atoms with van der Waals surface area (Å²) in [6.07, 6.45) is 14.3. The van der Waals surface area contributed by atoms with E-state index in [9.17, 15) is 4.79 Å². The Morgan fingerprint density at radius 3 is 2.66 bits per heavy atom. The van der Waals surface area contributed by atoms with E-state index in [4.69, 9.17) is 4.74 Å². The lowest BCUT2D eigenvalue weighted by atomic mass is 9.51. The van der Waals surface area contributed by atoms with Crippen molar-refractivity contribution in [3.8, 4) is 0 Å². The van der Waals surface area contributed by atoms with Crippen LogP contribution in [-0.4, -0.2) is 32.3 Å². The van der Waals surface area contributed by atoms with Gasteiger partial charge < -0.3 is 4.74 Å². The minimum absolute atomic E-state index is 0.0240. The van der Waals surface area contributed by atoms with E-state index in [1.54, 1.807) is 0 Å². The molecule has 0 N–H and O–H groups in total. The smallest absolute Gasteiger partial charge is 0.302 e. The molecule has 1 aromatic rings. The summed E-state index contributed by atoms with van der Waals surface area (Å²) >= 11 is 0. The number of rotatable bonds is 6. The van der Waals surface area contributed by atoms with Crippen LogP contribution in [0.4, 0.5) is 0 Å². The zero-order valence-electron chi connectivity index (χ0n) is 22.8. The molecule has 0 spiro atoms. The first kappa shape index (κ1) is 25.0. The molecule has 0 aromatic carbocycles. The molecular formula is C29H46N4O2. The molecule has 0 amide bonds. The molecule has 3 saturated carbocycles. The van der Waals surface area contributed by atoms with Gasteiger partial charge in [0, 0.05) is 13.3 Å². The van der Waals surface area contributed by atoms with Gasteiger partial charge in [0.1, 0.15) is 6.10 Å². The number of carbonyl (C=O) groups is 1. The van der Waals surface area contributed by atoms with Gasteiger partial charge in [0.25, 0.3) is 0 Å². The molecule has 4 aliphatic rings. The second kappa shape index (κ2) is 9.30. The molecule has 3 fully saturated rings. The largest absolute Gasteiger partial charge is 0.462 e. The van der Waals surface area contributed by atoms with Crippen molar-refractivity contribution < 1.29 is 9.53 Å². The summed E-state index contributed by atoms with van der Waals surface area (Å²) in [5, 5.41) is 13.2. The second-order valence-electron chi connectivity index (χ2n) is 13.3. The standard InChI is InChI=1S/C29H46N4O2/c1-18(2)8-7-9-19(3)23-10-11-24-27-25(13-15-29(23,24)6)28(5)14-12-22(35-20(4)34)16-21(28)17-26-30-31-32-33(26)27/h17-19,22-25,27H,7-16H2,1-6H3/t19-,22+,23-,24+,25+,27+,28+,29-/m1/s1. The van der Waals surface area contributed by atoms with Crippen molar-refractivity contribution in [2.75, 3.05) is 0 Å². The molecule has 5 rings (SSSR count). The molecule has 1 aromatic heterocycles. The lowest BCUT2D eigenvalue weighted by Crippen LogP contribution is -2.49. The highest BCUT2D eigenvalue weighted by molar-refractivity contribution is 5.66. The van der Waals surface area contributed by atoms with Gasteiger partial charge in [0.2, 0.25) is 0 Å². The molecule has 3 aliphatic carbocycles. The van der Waals surface area contributed by atoms with Gasteiger partial charge in [-0.2, -0.15) is 0 Å². The summed E-state index contributed by atoms with van der Waals surface area (Å²) in [5.41, 5.74) is 1.85. The minimum atomic E-state index is -0.177. The van der Waals surface area contributed by atoms with Crippen molar-refractivity contribution >= 4 is 12.0 Å². The molecule has 0 saturated heterocycles. The van der Waals surface area contributed by atoms with Crippen LogP contribution in [0.3, 0.4) is 0 Å². The van der Waals surface area contributed by atoms with Crippen molar-refractivity contribution in [1.82, 2.24) is 20.2 Å². The van der Waals surface area contributed by atoms with Crippen LogP contribution in [0, 0.1) is 40.4 Å². The first-order chi connectivity index (χ1) is 16.6. The summed E-state index contributed by atoms with van der Waals surface area (Å²) in [6, 6.07) is 0.357. The minimum Gasteiger partial charge on any atom is -0.462 e. The predicted molar refractivity (Wildman–Crippen MR) is 137 cm³/mol. The Kier molecular flexibility index (Phi) is 6.63. The average Bonchev–Trinajstić information content (AvgIpc) is 3.36. The number of aromatic nitrogens is 4. The van der Waals surface area contributed by atoms with E-state index < -0.39 is 0 Å². The number of esters is 1. The molecule has 0 bridgehead atoms. The summed E-state index contributed by atoms with van der Waals surface area (Å²) in [5.74, 6) is 4.25. The SMILES string of the molecule is CC(=O)O[C@H]1CC[C@@]2(C)C(=Cc3nnnn3[C@H]3[C@@H]4CC[C@H]([C@H](C)CCCC(C)C)[C@@]4(C)CC[C@@H]32)C1. The van der Waals surface area contributed by atoms with Gasteiger partial charge in [0.05, 0.1) is 6.04 Å². The highest BCUT2D eigenvalue weighted by atomic mass is 16.5. The van der Waals surface area contributed by atoms with E-state index in [2.05, 4.69) is 60.9 Å². The Morgan fingerprint density at radius 1 is 1.11 bits per heavy atom. The zero-order valence-corrected chi connectivity index (χ0v) is 22.8. The maximum Gasteiger partial charge on any atom is 0.302 e. The molecule has 6 heteroatoms. The fourth-order valence-corrected chi connectivity index (χ4v) is 9.01. The van der Waals surface area contributed by atoms with Crippen molar-refractivity contribution in [2.45, 2.75) is 118 Å². The summed E-state index contributed by atoms with van der Waals surface area (Å²) < 4.78 is 7.87. The van der Waals surface area contributed by atoms with Crippen LogP contribution < -0.4 is 0 Å². The monoisotopic (exact) mass is 482 g/mol. The highest BCUT2D eigenvalue weighted by Gasteiger charge is 2.60. The molecule has 35 heavy (non-hydrogen) atoms. The highest BCUT2D eigenvalue weighted by Crippen LogP contribution is 2.67. The molecule has 0 radical (unpaired) electrons. The van der Waals surface area contributed by atoms with Crippen molar-refractivity contribution in [3.05, 3.63) is 11.4 Å². The molecule has 2 heterocycles. The molecule has 8 atom stereocenters. The average molecular weight is 483 g/mol. The number of ether oxygens (including phenoxy) is 1. The van der Waals surface area contributed by atoms with Gasteiger partial charge >= 0.3 is 5.97 Å². The molecule has 6 nitrogen and oxygen atoms in total. The van der Waals surface area contributed by atoms with E-state index in [1.807, 2.05) is 0 Å². The second-order valence-corrected chi connectivity index (χ2v) is 13.3. The zero-order chi connectivity index (χ0) is 25.0. The molecule has 1 aliphatic heterocycles. The third-order valence-corrected chi connectivity index (χ3v) is 10.9. The summed E-state index contributed by atoms with van der Waals surface area (Å²) in [6.45, 7) is 13.8. The van der Waals surface area contributed by atoms with Gasteiger partial charge in [-0.1, -0.05) is 59.5 Å². The van der Waals surface area contributed by atoms with Crippen LogP contribution in [0.15, 0.2) is 5.57 Å². The van der Waals surface area contributed by atoms with E-state index in [0.717, 1.165) is 42.8 Å². The first-order valence-corrected chi connectivity index (χ1v) is 14.3. The topological polar surface area (TPSA) is 69.9 Å². The summed E-state index contributed by atoms with van der Waals surface area (Å²) in [7, 11) is 0. The van der Waals surface area contributed by atoms with Crippen LogP contribution in [0.1, 0.15) is 118 Å². The number of hydrogen-bond donors (Lipinski definition) is 0. The Bertz CT molecular complexity index is 970. The normalized spacial score (nSPS) is 39.1. The molecule has 194 valence electrons.